The molecule has 2 aromatic rings. The summed E-state index contributed by atoms with van der Waals surface area (Å²) in [5.41, 5.74) is 1.30. The van der Waals surface area contributed by atoms with Gasteiger partial charge in [-0.2, -0.15) is 5.10 Å². The topological polar surface area (TPSA) is 79.3 Å². The van der Waals surface area contributed by atoms with E-state index in [4.69, 9.17) is 23.2 Å². The number of benzene rings is 1. The summed E-state index contributed by atoms with van der Waals surface area (Å²) >= 11 is 11.9. The number of nitrogens with zero attached hydrogens (tertiary/aromatic N) is 3. The van der Waals surface area contributed by atoms with Crippen molar-refractivity contribution in [2.24, 2.45) is 7.05 Å². The van der Waals surface area contributed by atoms with Gasteiger partial charge in [-0.1, -0.05) is 23.2 Å². The quantitative estimate of drug-likeness (QED) is 0.831. The zero-order valence-corrected chi connectivity index (χ0v) is 15.9. The second-order valence-electron chi connectivity index (χ2n) is 6.22. The first kappa shape index (κ1) is 18.5. The highest BCUT2D eigenvalue weighted by Crippen LogP contribution is 2.25. The second-order valence-corrected chi connectivity index (χ2v) is 7.10. The summed E-state index contributed by atoms with van der Waals surface area (Å²) in [5, 5.41) is 10.6. The van der Waals surface area contributed by atoms with Gasteiger partial charge in [-0.05, 0) is 38.0 Å². The van der Waals surface area contributed by atoms with Gasteiger partial charge in [0.1, 0.15) is 11.9 Å². The van der Waals surface area contributed by atoms with Crippen molar-refractivity contribution in [1.82, 2.24) is 14.7 Å². The molecule has 3 amide bonds. The molecular weight excluding hydrogens is 377 g/mol. The summed E-state index contributed by atoms with van der Waals surface area (Å²) in [5.74, 6) is 0.317. The van der Waals surface area contributed by atoms with Crippen LogP contribution in [0.1, 0.15) is 18.5 Å². The Balaban J connectivity index is 1.69. The third kappa shape index (κ3) is 4.11. The van der Waals surface area contributed by atoms with E-state index in [2.05, 4.69) is 15.7 Å². The maximum atomic E-state index is 12.6. The Hall–Kier alpha value is -2.25. The largest absolute Gasteiger partial charge is 0.324 e. The van der Waals surface area contributed by atoms with Crippen LogP contribution in [0.2, 0.25) is 10.0 Å². The predicted molar refractivity (Wildman–Crippen MR) is 102 cm³/mol. The fourth-order valence-corrected chi connectivity index (χ4v) is 3.57. The van der Waals surface area contributed by atoms with Gasteiger partial charge in [0.2, 0.25) is 5.91 Å². The fourth-order valence-electron chi connectivity index (χ4n) is 3.04. The summed E-state index contributed by atoms with van der Waals surface area (Å²) in [4.78, 5) is 26.8. The number of carbonyl (C=O) groups is 2. The molecule has 1 atom stereocenters. The lowest BCUT2D eigenvalue weighted by Crippen LogP contribution is -2.45. The highest BCUT2D eigenvalue weighted by atomic mass is 35.5. The van der Waals surface area contributed by atoms with Crippen molar-refractivity contribution in [3.8, 4) is 0 Å². The van der Waals surface area contributed by atoms with Crippen LogP contribution in [-0.2, 0) is 11.8 Å². The fraction of sp³-hybridized carbons (Fsp3) is 0.353. The maximum absolute atomic E-state index is 12.6. The SMILES string of the molecule is Cc1cc(NC(=O)N2CCC[C@H]2C(=O)Nc2cc(Cl)cc(Cl)c2)n(C)n1. The van der Waals surface area contributed by atoms with Crippen LogP contribution in [0, 0.1) is 6.92 Å². The van der Waals surface area contributed by atoms with Gasteiger partial charge in [0.15, 0.2) is 0 Å². The molecule has 0 spiro atoms. The van der Waals surface area contributed by atoms with Gasteiger partial charge in [0, 0.05) is 35.4 Å². The number of likely N-dealkylation sites (tertiary alicyclic amines) is 1. The van der Waals surface area contributed by atoms with Gasteiger partial charge in [-0.3, -0.25) is 14.8 Å². The van der Waals surface area contributed by atoms with Crippen molar-refractivity contribution in [3.05, 3.63) is 40.0 Å². The molecule has 9 heteroatoms. The van der Waals surface area contributed by atoms with E-state index in [1.807, 2.05) is 6.92 Å². The summed E-state index contributed by atoms with van der Waals surface area (Å²) in [7, 11) is 1.75. The van der Waals surface area contributed by atoms with Crippen LogP contribution in [0.15, 0.2) is 24.3 Å². The normalized spacial score (nSPS) is 16.6. The molecule has 1 aliphatic heterocycles. The molecule has 0 bridgehead atoms. The summed E-state index contributed by atoms with van der Waals surface area (Å²) in [6, 6.07) is 5.71. The summed E-state index contributed by atoms with van der Waals surface area (Å²) in [6.45, 7) is 2.36. The van der Waals surface area contributed by atoms with E-state index in [1.54, 1.807) is 36.0 Å². The van der Waals surface area contributed by atoms with Crippen LogP contribution in [0.5, 0.6) is 0 Å². The third-order valence-electron chi connectivity index (χ3n) is 4.18. The average molecular weight is 396 g/mol. The van der Waals surface area contributed by atoms with Gasteiger partial charge in [0.25, 0.3) is 0 Å². The Bertz CT molecular complexity index is 831. The molecule has 0 radical (unpaired) electrons. The van der Waals surface area contributed by atoms with Crippen molar-refractivity contribution in [2.75, 3.05) is 17.2 Å². The summed E-state index contributed by atoms with van der Waals surface area (Å²) in [6.07, 6.45) is 1.35. The minimum Gasteiger partial charge on any atom is -0.324 e. The molecule has 1 saturated heterocycles. The number of rotatable bonds is 3. The Kier molecular flexibility index (Phi) is 5.38. The van der Waals surface area contributed by atoms with Gasteiger partial charge in [-0.15, -0.1) is 0 Å². The van der Waals surface area contributed by atoms with Crippen LogP contribution in [0.25, 0.3) is 0 Å². The van der Waals surface area contributed by atoms with E-state index >= 15 is 0 Å². The van der Waals surface area contributed by atoms with Gasteiger partial charge >= 0.3 is 6.03 Å². The Morgan fingerprint density at radius 1 is 1.15 bits per heavy atom. The van der Waals surface area contributed by atoms with E-state index in [-0.39, 0.29) is 11.9 Å². The maximum Gasteiger partial charge on any atom is 0.323 e. The van der Waals surface area contributed by atoms with Crippen LogP contribution in [0.3, 0.4) is 0 Å². The standard InChI is InChI=1S/C17H19Cl2N5O2/c1-10-6-15(23(2)22-10)21-17(26)24-5-3-4-14(24)16(25)20-13-8-11(18)7-12(19)9-13/h6-9,14H,3-5H2,1-2H3,(H,20,25)(H,21,26)/t14-/m0/s1. The van der Waals surface area contributed by atoms with Gasteiger partial charge in [0.05, 0.1) is 5.69 Å². The number of hydrogen-bond donors (Lipinski definition) is 2. The third-order valence-corrected chi connectivity index (χ3v) is 4.62. The molecule has 2 N–H and O–H groups in total. The van der Waals surface area contributed by atoms with Gasteiger partial charge in [-0.25, -0.2) is 4.79 Å². The number of halogens is 2. The van der Waals surface area contributed by atoms with Crippen molar-refractivity contribution >= 4 is 46.6 Å². The molecule has 0 unspecified atom stereocenters. The van der Waals surface area contributed by atoms with Crippen molar-refractivity contribution < 1.29 is 9.59 Å². The minimum absolute atomic E-state index is 0.267. The zero-order valence-electron chi connectivity index (χ0n) is 14.4. The second kappa shape index (κ2) is 7.55. The Labute approximate surface area is 161 Å². The number of anilines is 2. The van der Waals surface area contributed by atoms with E-state index in [9.17, 15) is 9.59 Å². The number of amides is 3. The zero-order chi connectivity index (χ0) is 18.8. The lowest BCUT2D eigenvalue weighted by atomic mass is 10.2. The smallest absolute Gasteiger partial charge is 0.323 e. The van der Waals surface area contributed by atoms with Crippen molar-refractivity contribution in [2.45, 2.75) is 25.8 Å². The molecule has 1 aromatic carbocycles. The molecule has 0 saturated carbocycles. The van der Waals surface area contributed by atoms with E-state index in [1.165, 1.54) is 4.90 Å². The molecule has 0 aliphatic carbocycles. The lowest BCUT2D eigenvalue weighted by molar-refractivity contribution is -0.119. The van der Waals surface area contributed by atoms with E-state index in [0.29, 0.717) is 34.5 Å². The molecule has 7 nitrogen and oxygen atoms in total. The molecule has 3 rings (SSSR count). The number of hydrogen-bond acceptors (Lipinski definition) is 3. The van der Waals surface area contributed by atoms with Crippen LogP contribution in [-0.4, -0.2) is 39.2 Å². The van der Waals surface area contributed by atoms with E-state index in [0.717, 1.165) is 12.1 Å². The van der Waals surface area contributed by atoms with E-state index < -0.39 is 6.04 Å². The number of carbonyl (C=O) groups excluding carboxylic acids is 2. The lowest BCUT2D eigenvalue weighted by Gasteiger charge is -2.24. The highest BCUT2D eigenvalue weighted by molar-refractivity contribution is 6.35. The molecule has 26 heavy (non-hydrogen) atoms. The van der Waals surface area contributed by atoms with Crippen LogP contribution >= 0.6 is 23.2 Å². The number of urea groups is 1. The predicted octanol–water partition coefficient (Wildman–Crippen LogP) is 3.67. The molecule has 138 valence electrons. The average Bonchev–Trinajstić information content (AvgIpc) is 3.13. The first-order chi connectivity index (χ1) is 12.3. The van der Waals surface area contributed by atoms with Crippen molar-refractivity contribution in [3.63, 3.8) is 0 Å². The monoisotopic (exact) mass is 395 g/mol. The van der Waals surface area contributed by atoms with Crippen LogP contribution in [0.4, 0.5) is 16.3 Å². The first-order valence-corrected chi connectivity index (χ1v) is 8.94. The van der Waals surface area contributed by atoms with Gasteiger partial charge < -0.3 is 10.2 Å². The molecule has 1 fully saturated rings. The highest BCUT2D eigenvalue weighted by Gasteiger charge is 2.34. The number of aryl methyl sites for hydroxylation is 2. The summed E-state index contributed by atoms with van der Waals surface area (Å²) < 4.78 is 1.59. The molecule has 2 heterocycles. The molecule has 1 aromatic heterocycles. The van der Waals surface area contributed by atoms with Crippen molar-refractivity contribution in [1.29, 1.82) is 0 Å². The number of nitrogens with one attached hydrogen (secondary N) is 2. The first-order valence-electron chi connectivity index (χ1n) is 8.18. The molecule has 1 aliphatic rings. The minimum atomic E-state index is -0.554. The Morgan fingerprint density at radius 3 is 2.46 bits per heavy atom. The molecular formula is C17H19Cl2N5O2. The number of aromatic nitrogens is 2. The van der Waals surface area contributed by atoms with Crippen LogP contribution < -0.4 is 10.6 Å². The Morgan fingerprint density at radius 2 is 1.85 bits per heavy atom.